The first-order valence-electron chi connectivity index (χ1n) is 11.2. The minimum absolute atomic E-state index is 0.0475. The number of hydrogen-bond acceptors (Lipinski definition) is 3. The number of unbranched alkanes of at least 4 members (excludes halogenated alkanes) is 1. The molecule has 2 rings (SSSR count). The summed E-state index contributed by atoms with van der Waals surface area (Å²) in [5.41, 5.74) is 1.85. The average Bonchev–Trinajstić information content (AvgIpc) is 2.74. The van der Waals surface area contributed by atoms with Gasteiger partial charge in [0.25, 0.3) is 5.91 Å². The Kier molecular flexibility index (Phi) is 10.6. The van der Waals surface area contributed by atoms with Crippen LogP contribution in [0.15, 0.2) is 29.3 Å². The zero-order valence-corrected chi connectivity index (χ0v) is 18.5. The van der Waals surface area contributed by atoms with Crippen LogP contribution < -0.4 is 16.0 Å². The summed E-state index contributed by atoms with van der Waals surface area (Å²) in [5, 5.41) is 9.40. The lowest BCUT2D eigenvalue weighted by atomic mass is 10.0. The van der Waals surface area contributed by atoms with Gasteiger partial charge in [0.15, 0.2) is 5.96 Å². The van der Waals surface area contributed by atoms with Crippen LogP contribution in [-0.4, -0.2) is 62.6 Å². The molecular weight excluding hydrogens is 362 g/mol. The van der Waals surface area contributed by atoms with E-state index < -0.39 is 0 Å². The van der Waals surface area contributed by atoms with Crippen LogP contribution in [0.4, 0.5) is 0 Å². The molecule has 162 valence electrons. The van der Waals surface area contributed by atoms with Gasteiger partial charge >= 0.3 is 0 Å². The molecule has 1 aliphatic rings. The molecule has 0 spiro atoms. The standard InChI is InChI=1S/C23H39N5O/c1-4-25-23(26-14-6-8-17-28-16-7-5-10-19(28)2)27-15-13-20-11-9-12-21(18-20)22(29)24-3/h9,11-12,18-19H,4-8,10,13-17H2,1-3H3,(H,24,29)(H2,25,26,27). The summed E-state index contributed by atoms with van der Waals surface area (Å²) in [7, 11) is 1.66. The molecule has 6 heteroatoms. The maximum atomic E-state index is 11.8. The van der Waals surface area contributed by atoms with Crippen molar-refractivity contribution >= 4 is 11.9 Å². The summed E-state index contributed by atoms with van der Waals surface area (Å²) in [4.78, 5) is 19.1. The molecule has 1 aromatic carbocycles. The number of amides is 1. The lowest BCUT2D eigenvalue weighted by Crippen LogP contribution is -2.38. The van der Waals surface area contributed by atoms with Crippen molar-refractivity contribution in [2.24, 2.45) is 4.99 Å². The highest BCUT2D eigenvalue weighted by molar-refractivity contribution is 5.94. The molecule has 29 heavy (non-hydrogen) atoms. The quantitative estimate of drug-likeness (QED) is 0.320. The molecule has 1 atom stereocenters. The number of guanidine groups is 1. The minimum Gasteiger partial charge on any atom is -0.357 e. The highest BCUT2D eigenvalue weighted by Crippen LogP contribution is 2.16. The fraction of sp³-hybridized carbons (Fsp3) is 0.652. The van der Waals surface area contributed by atoms with Crippen LogP contribution in [0.3, 0.4) is 0 Å². The first kappa shape index (κ1) is 23.2. The Morgan fingerprint density at radius 3 is 2.86 bits per heavy atom. The van der Waals surface area contributed by atoms with Crippen molar-refractivity contribution in [3.05, 3.63) is 35.4 Å². The molecule has 1 saturated heterocycles. The fourth-order valence-electron chi connectivity index (χ4n) is 3.79. The maximum Gasteiger partial charge on any atom is 0.251 e. The third-order valence-electron chi connectivity index (χ3n) is 5.53. The first-order chi connectivity index (χ1) is 14.1. The Hall–Kier alpha value is -2.08. The van der Waals surface area contributed by atoms with E-state index in [4.69, 9.17) is 4.99 Å². The van der Waals surface area contributed by atoms with Gasteiger partial charge in [-0.25, -0.2) is 0 Å². The van der Waals surface area contributed by atoms with E-state index in [1.807, 2.05) is 18.2 Å². The van der Waals surface area contributed by atoms with E-state index in [1.54, 1.807) is 7.05 Å². The van der Waals surface area contributed by atoms with Gasteiger partial charge in [0, 0.05) is 38.3 Å². The summed E-state index contributed by atoms with van der Waals surface area (Å²) < 4.78 is 0. The molecule has 1 aromatic rings. The van der Waals surface area contributed by atoms with Crippen molar-refractivity contribution in [3.63, 3.8) is 0 Å². The number of piperidine rings is 1. The second-order valence-corrected chi connectivity index (χ2v) is 7.80. The van der Waals surface area contributed by atoms with Crippen LogP contribution in [0.2, 0.25) is 0 Å². The summed E-state index contributed by atoms with van der Waals surface area (Å²) >= 11 is 0. The van der Waals surface area contributed by atoms with Crippen LogP contribution in [0.1, 0.15) is 61.9 Å². The molecule has 1 amide bonds. The minimum atomic E-state index is -0.0475. The second-order valence-electron chi connectivity index (χ2n) is 7.80. The molecule has 0 saturated carbocycles. The number of nitrogens with one attached hydrogen (secondary N) is 3. The molecule has 1 fully saturated rings. The number of rotatable bonds is 10. The van der Waals surface area contributed by atoms with E-state index in [2.05, 4.69) is 40.8 Å². The molecule has 0 bridgehead atoms. The number of benzene rings is 1. The molecule has 0 aromatic heterocycles. The smallest absolute Gasteiger partial charge is 0.251 e. The van der Waals surface area contributed by atoms with E-state index in [0.29, 0.717) is 5.56 Å². The van der Waals surface area contributed by atoms with Gasteiger partial charge in [-0.05, 0) is 76.7 Å². The van der Waals surface area contributed by atoms with Crippen LogP contribution >= 0.6 is 0 Å². The Balaban J connectivity index is 1.71. The predicted octanol–water partition coefficient (Wildman–Crippen LogP) is 2.80. The predicted molar refractivity (Wildman–Crippen MR) is 122 cm³/mol. The zero-order chi connectivity index (χ0) is 20.9. The summed E-state index contributed by atoms with van der Waals surface area (Å²) in [6, 6.07) is 8.52. The molecule has 0 aliphatic carbocycles. The number of carbonyl (C=O) groups excluding carboxylic acids is 1. The van der Waals surface area contributed by atoms with Crippen molar-refractivity contribution in [1.82, 2.24) is 20.9 Å². The normalized spacial score (nSPS) is 17.8. The van der Waals surface area contributed by atoms with Crippen molar-refractivity contribution < 1.29 is 4.79 Å². The van der Waals surface area contributed by atoms with E-state index in [9.17, 15) is 4.79 Å². The van der Waals surface area contributed by atoms with E-state index in [1.165, 1.54) is 38.8 Å². The number of carbonyl (C=O) groups is 1. The van der Waals surface area contributed by atoms with Gasteiger partial charge in [0.1, 0.15) is 0 Å². The van der Waals surface area contributed by atoms with Crippen molar-refractivity contribution in [2.75, 3.05) is 39.8 Å². The molecule has 1 unspecified atom stereocenters. The monoisotopic (exact) mass is 401 g/mol. The molecule has 3 N–H and O–H groups in total. The second kappa shape index (κ2) is 13.2. The molecular formula is C23H39N5O. The summed E-state index contributed by atoms with van der Waals surface area (Å²) in [5.74, 6) is 0.829. The number of nitrogens with zero attached hydrogens (tertiary/aromatic N) is 2. The molecule has 6 nitrogen and oxygen atoms in total. The van der Waals surface area contributed by atoms with Crippen LogP contribution in [0.5, 0.6) is 0 Å². The van der Waals surface area contributed by atoms with Crippen LogP contribution in [-0.2, 0) is 6.42 Å². The van der Waals surface area contributed by atoms with Crippen LogP contribution in [0, 0.1) is 0 Å². The average molecular weight is 402 g/mol. The van der Waals surface area contributed by atoms with Gasteiger partial charge in [-0.3, -0.25) is 9.79 Å². The van der Waals surface area contributed by atoms with Crippen molar-refractivity contribution in [1.29, 1.82) is 0 Å². The van der Waals surface area contributed by atoms with Gasteiger partial charge in [0.2, 0.25) is 0 Å². The van der Waals surface area contributed by atoms with Gasteiger partial charge in [-0.15, -0.1) is 0 Å². The Morgan fingerprint density at radius 2 is 2.10 bits per heavy atom. The highest BCUT2D eigenvalue weighted by Gasteiger charge is 2.16. The third kappa shape index (κ3) is 8.44. The molecule has 0 radical (unpaired) electrons. The Morgan fingerprint density at radius 1 is 1.24 bits per heavy atom. The van der Waals surface area contributed by atoms with E-state index in [-0.39, 0.29) is 5.91 Å². The van der Waals surface area contributed by atoms with Crippen LogP contribution in [0.25, 0.3) is 0 Å². The van der Waals surface area contributed by atoms with Crippen molar-refractivity contribution in [3.8, 4) is 0 Å². The Bertz CT molecular complexity index is 646. The zero-order valence-electron chi connectivity index (χ0n) is 18.5. The highest BCUT2D eigenvalue weighted by atomic mass is 16.1. The number of likely N-dealkylation sites (tertiary alicyclic amines) is 1. The molecule has 1 aliphatic heterocycles. The van der Waals surface area contributed by atoms with Gasteiger partial charge in [-0.2, -0.15) is 0 Å². The lowest BCUT2D eigenvalue weighted by Gasteiger charge is -2.33. The molecule has 1 heterocycles. The van der Waals surface area contributed by atoms with Gasteiger partial charge < -0.3 is 20.9 Å². The van der Waals surface area contributed by atoms with Gasteiger partial charge in [-0.1, -0.05) is 18.6 Å². The maximum absolute atomic E-state index is 11.8. The van der Waals surface area contributed by atoms with E-state index >= 15 is 0 Å². The topological polar surface area (TPSA) is 68.8 Å². The first-order valence-corrected chi connectivity index (χ1v) is 11.2. The summed E-state index contributed by atoms with van der Waals surface area (Å²) in [6.45, 7) is 9.38. The van der Waals surface area contributed by atoms with Gasteiger partial charge in [0.05, 0.1) is 0 Å². The van der Waals surface area contributed by atoms with Crippen molar-refractivity contribution in [2.45, 2.75) is 58.4 Å². The lowest BCUT2D eigenvalue weighted by molar-refractivity contribution is 0.0963. The summed E-state index contributed by atoms with van der Waals surface area (Å²) in [6.07, 6.45) is 7.26. The Labute approximate surface area is 176 Å². The number of aliphatic imine (C=N–C) groups is 1. The van der Waals surface area contributed by atoms with E-state index in [0.717, 1.165) is 50.0 Å². The SMILES string of the molecule is CCNC(=NCCCCN1CCCCC1C)NCCc1cccc(C(=O)NC)c1. The fourth-order valence-corrected chi connectivity index (χ4v) is 3.79. The third-order valence-corrected chi connectivity index (χ3v) is 5.53. The number of hydrogen-bond donors (Lipinski definition) is 3. The largest absolute Gasteiger partial charge is 0.357 e.